The Hall–Kier alpha value is -2.96. The standard InChI is InChI=1S/C29H34Cl2O6/c1-29(2,27(32)13-9-21-7-11-23(25(19-21)34-3)36-17-5-15-30)28(33)14-10-22-8-12-24(26(20-22)35-4)37-18-6-16-31/h7-14,19-20H,5-6,15-18H2,1-4H3. The van der Waals surface area contributed by atoms with Crippen molar-refractivity contribution in [1.82, 2.24) is 0 Å². The maximum atomic E-state index is 12.9. The lowest BCUT2D eigenvalue weighted by Crippen LogP contribution is -2.30. The lowest BCUT2D eigenvalue weighted by Gasteiger charge is -2.17. The largest absolute Gasteiger partial charge is 0.493 e. The molecule has 2 aromatic carbocycles. The van der Waals surface area contributed by atoms with E-state index in [1.807, 2.05) is 12.1 Å². The van der Waals surface area contributed by atoms with E-state index in [2.05, 4.69) is 0 Å². The topological polar surface area (TPSA) is 71.1 Å². The molecule has 37 heavy (non-hydrogen) atoms. The van der Waals surface area contributed by atoms with Crippen LogP contribution < -0.4 is 18.9 Å². The van der Waals surface area contributed by atoms with E-state index >= 15 is 0 Å². The van der Waals surface area contributed by atoms with Gasteiger partial charge in [-0.1, -0.05) is 24.3 Å². The fourth-order valence-corrected chi connectivity index (χ4v) is 3.39. The number of hydrogen-bond acceptors (Lipinski definition) is 6. The molecule has 0 radical (unpaired) electrons. The van der Waals surface area contributed by atoms with E-state index in [1.54, 1.807) is 64.5 Å². The molecule has 0 atom stereocenters. The summed E-state index contributed by atoms with van der Waals surface area (Å²) in [5, 5.41) is 0. The second kappa shape index (κ2) is 15.3. The molecule has 8 heteroatoms. The average molecular weight is 549 g/mol. The van der Waals surface area contributed by atoms with Crippen LogP contribution in [0.3, 0.4) is 0 Å². The third kappa shape index (κ3) is 9.13. The number of methoxy groups -OCH3 is 2. The van der Waals surface area contributed by atoms with Gasteiger partial charge in [-0.3, -0.25) is 9.59 Å². The Kier molecular flexibility index (Phi) is 12.5. The molecule has 0 aliphatic heterocycles. The second-order valence-electron chi connectivity index (χ2n) is 8.62. The summed E-state index contributed by atoms with van der Waals surface area (Å²) < 4.78 is 22.1. The number of rotatable bonds is 16. The summed E-state index contributed by atoms with van der Waals surface area (Å²) >= 11 is 11.4. The molecule has 0 spiro atoms. The molecule has 6 nitrogen and oxygen atoms in total. The van der Waals surface area contributed by atoms with Crippen LogP contribution in [0.1, 0.15) is 37.8 Å². The molecule has 2 aromatic rings. The summed E-state index contributed by atoms with van der Waals surface area (Å²) in [4.78, 5) is 25.8. The van der Waals surface area contributed by atoms with E-state index in [0.29, 0.717) is 48.0 Å². The molecule has 0 aliphatic carbocycles. The summed E-state index contributed by atoms with van der Waals surface area (Å²) in [5.41, 5.74) is 0.249. The van der Waals surface area contributed by atoms with E-state index in [1.165, 1.54) is 12.2 Å². The zero-order chi connectivity index (χ0) is 27.3. The first kappa shape index (κ1) is 30.3. The van der Waals surface area contributed by atoms with Gasteiger partial charge in [0.1, 0.15) is 0 Å². The number of hydrogen-bond donors (Lipinski definition) is 0. The number of alkyl halides is 2. The highest BCUT2D eigenvalue weighted by atomic mass is 35.5. The van der Waals surface area contributed by atoms with Gasteiger partial charge in [-0.05, 0) is 74.2 Å². The molecule has 0 amide bonds. The Morgan fingerprint density at radius 3 is 1.49 bits per heavy atom. The molecule has 0 N–H and O–H groups in total. The van der Waals surface area contributed by atoms with E-state index in [4.69, 9.17) is 42.1 Å². The molecule has 0 bridgehead atoms. The number of ether oxygens (including phenoxy) is 4. The van der Waals surface area contributed by atoms with Gasteiger partial charge in [0, 0.05) is 11.8 Å². The Bertz CT molecular complexity index is 1020. The van der Waals surface area contributed by atoms with Crippen molar-refractivity contribution in [2.75, 3.05) is 39.2 Å². The molecule has 200 valence electrons. The molecule has 2 rings (SSSR count). The average Bonchev–Trinajstić information content (AvgIpc) is 2.91. The van der Waals surface area contributed by atoms with Gasteiger partial charge in [0.05, 0.1) is 32.8 Å². The van der Waals surface area contributed by atoms with Gasteiger partial charge in [0.15, 0.2) is 34.6 Å². The van der Waals surface area contributed by atoms with E-state index in [-0.39, 0.29) is 11.6 Å². The molecule has 0 unspecified atom stereocenters. The van der Waals surface area contributed by atoms with Crippen LogP contribution in [0.2, 0.25) is 0 Å². The third-order valence-electron chi connectivity index (χ3n) is 5.53. The highest BCUT2D eigenvalue weighted by Crippen LogP contribution is 2.30. The molecular formula is C29H34Cl2O6. The fourth-order valence-electron chi connectivity index (χ4n) is 3.17. The van der Waals surface area contributed by atoms with Crippen LogP contribution in [0.4, 0.5) is 0 Å². The van der Waals surface area contributed by atoms with Crippen molar-refractivity contribution in [3.63, 3.8) is 0 Å². The van der Waals surface area contributed by atoms with Crippen LogP contribution in [-0.2, 0) is 9.59 Å². The minimum Gasteiger partial charge on any atom is -0.493 e. The van der Waals surface area contributed by atoms with Gasteiger partial charge in [0.25, 0.3) is 0 Å². The first-order valence-corrected chi connectivity index (χ1v) is 13.0. The number of carbonyl (C=O) groups excluding carboxylic acids is 2. The quantitative estimate of drug-likeness (QED) is 0.102. The maximum Gasteiger partial charge on any atom is 0.169 e. The van der Waals surface area contributed by atoms with Gasteiger partial charge in [0.2, 0.25) is 0 Å². The van der Waals surface area contributed by atoms with Crippen molar-refractivity contribution in [2.24, 2.45) is 5.41 Å². The van der Waals surface area contributed by atoms with Gasteiger partial charge in [-0.2, -0.15) is 0 Å². The van der Waals surface area contributed by atoms with Crippen molar-refractivity contribution in [3.05, 3.63) is 59.7 Å². The van der Waals surface area contributed by atoms with Crippen LogP contribution >= 0.6 is 23.2 Å². The van der Waals surface area contributed by atoms with Crippen LogP contribution in [-0.4, -0.2) is 50.8 Å². The third-order valence-corrected chi connectivity index (χ3v) is 6.07. The van der Waals surface area contributed by atoms with Crippen molar-refractivity contribution >= 4 is 46.9 Å². The molecule has 0 heterocycles. The van der Waals surface area contributed by atoms with Crippen LogP contribution in [0, 0.1) is 5.41 Å². The van der Waals surface area contributed by atoms with Gasteiger partial charge >= 0.3 is 0 Å². The smallest absolute Gasteiger partial charge is 0.169 e. The van der Waals surface area contributed by atoms with E-state index in [9.17, 15) is 9.59 Å². The molecule has 0 saturated carbocycles. The monoisotopic (exact) mass is 548 g/mol. The summed E-state index contributed by atoms with van der Waals surface area (Å²) in [6, 6.07) is 10.7. The SMILES string of the molecule is COc1cc(C=CC(=O)C(C)(C)C(=O)C=Cc2ccc(OCCCCl)c(OC)c2)ccc1OCCCCl. The Morgan fingerprint density at radius 2 is 1.14 bits per heavy atom. The van der Waals surface area contributed by atoms with Crippen LogP contribution in [0.5, 0.6) is 23.0 Å². The summed E-state index contributed by atoms with van der Waals surface area (Å²) in [6.07, 6.45) is 7.57. The normalized spacial score (nSPS) is 11.6. The number of benzene rings is 2. The van der Waals surface area contributed by atoms with Gasteiger partial charge < -0.3 is 18.9 Å². The van der Waals surface area contributed by atoms with Crippen molar-refractivity contribution in [1.29, 1.82) is 0 Å². The summed E-state index contributed by atoms with van der Waals surface area (Å²) in [6.45, 7) is 4.18. The van der Waals surface area contributed by atoms with E-state index in [0.717, 1.165) is 24.0 Å². The number of carbonyl (C=O) groups is 2. The molecular weight excluding hydrogens is 515 g/mol. The Labute approximate surface area is 229 Å². The van der Waals surface area contributed by atoms with E-state index < -0.39 is 5.41 Å². The van der Waals surface area contributed by atoms with Crippen LogP contribution in [0.25, 0.3) is 12.2 Å². The first-order valence-electron chi connectivity index (χ1n) is 12.0. The van der Waals surface area contributed by atoms with Crippen molar-refractivity contribution in [3.8, 4) is 23.0 Å². The number of halogens is 2. The maximum absolute atomic E-state index is 12.9. The predicted octanol–water partition coefficient (Wildman–Crippen LogP) is 6.61. The van der Waals surface area contributed by atoms with Gasteiger partial charge in [-0.25, -0.2) is 0 Å². The fraction of sp³-hybridized carbons (Fsp3) is 0.379. The minimum atomic E-state index is -1.24. The zero-order valence-corrected chi connectivity index (χ0v) is 23.2. The molecule has 0 aromatic heterocycles. The van der Waals surface area contributed by atoms with Gasteiger partial charge in [-0.15, -0.1) is 23.2 Å². The molecule has 0 aliphatic rings. The number of allylic oxidation sites excluding steroid dienone is 2. The minimum absolute atomic E-state index is 0.316. The number of ketones is 2. The Balaban J connectivity index is 2.08. The predicted molar refractivity (Wildman–Crippen MR) is 150 cm³/mol. The second-order valence-corrected chi connectivity index (χ2v) is 9.38. The lowest BCUT2D eigenvalue weighted by atomic mass is 9.82. The van der Waals surface area contributed by atoms with Crippen molar-refractivity contribution < 1.29 is 28.5 Å². The first-order chi connectivity index (χ1) is 17.8. The van der Waals surface area contributed by atoms with Crippen LogP contribution in [0.15, 0.2) is 48.6 Å². The highest BCUT2D eigenvalue weighted by Gasteiger charge is 2.32. The molecule has 0 saturated heterocycles. The zero-order valence-electron chi connectivity index (χ0n) is 21.7. The molecule has 0 fully saturated rings. The Morgan fingerprint density at radius 1 is 0.730 bits per heavy atom. The lowest BCUT2D eigenvalue weighted by molar-refractivity contribution is -0.132. The summed E-state index contributed by atoms with van der Waals surface area (Å²) in [7, 11) is 3.10. The van der Waals surface area contributed by atoms with Crippen molar-refractivity contribution in [2.45, 2.75) is 26.7 Å². The highest BCUT2D eigenvalue weighted by molar-refractivity contribution is 6.18. The summed E-state index contributed by atoms with van der Waals surface area (Å²) in [5.74, 6) is 2.70.